The average molecular weight is 216 g/mol. The number of nitrogens with zero attached hydrogens (tertiary/aromatic N) is 3. The Morgan fingerprint density at radius 2 is 2.40 bits per heavy atom. The molecular formula is C10H8N4S. The summed E-state index contributed by atoms with van der Waals surface area (Å²) in [6.07, 6.45) is 1.54. The summed E-state index contributed by atoms with van der Waals surface area (Å²) in [5, 5.41) is 13.7. The van der Waals surface area contributed by atoms with Gasteiger partial charge in [-0.05, 0) is 11.4 Å². The highest BCUT2D eigenvalue weighted by atomic mass is 32.1. The van der Waals surface area contributed by atoms with Gasteiger partial charge in [0.1, 0.15) is 17.5 Å². The van der Waals surface area contributed by atoms with Crippen LogP contribution in [-0.4, -0.2) is 17.0 Å². The third-order valence-corrected chi connectivity index (χ3v) is 2.75. The summed E-state index contributed by atoms with van der Waals surface area (Å²) in [6, 6.07) is 5.93. The molecule has 1 N–H and O–H groups in total. The number of rotatable bonds is 2. The van der Waals surface area contributed by atoms with E-state index < -0.39 is 0 Å². The third kappa shape index (κ3) is 1.80. The van der Waals surface area contributed by atoms with Gasteiger partial charge in [-0.25, -0.2) is 9.97 Å². The molecule has 0 aliphatic heterocycles. The summed E-state index contributed by atoms with van der Waals surface area (Å²) >= 11 is 1.57. The van der Waals surface area contributed by atoms with Gasteiger partial charge >= 0.3 is 0 Å². The van der Waals surface area contributed by atoms with Crippen LogP contribution in [-0.2, 0) is 0 Å². The average Bonchev–Trinajstić information content (AvgIpc) is 2.81. The van der Waals surface area contributed by atoms with Crippen LogP contribution in [0.2, 0.25) is 0 Å². The molecule has 2 rings (SSSR count). The molecule has 5 heteroatoms. The van der Waals surface area contributed by atoms with Gasteiger partial charge in [-0.1, -0.05) is 6.07 Å². The lowest BCUT2D eigenvalue weighted by molar-refractivity contribution is 1.16. The lowest BCUT2D eigenvalue weighted by Gasteiger charge is -2.02. The quantitative estimate of drug-likeness (QED) is 0.835. The van der Waals surface area contributed by atoms with Crippen molar-refractivity contribution in [2.24, 2.45) is 0 Å². The van der Waals surface area contributed by atoms with Crippen LogP contribution < -0.4 is 5.32 Å². The second kappa shape index (κ2) is 4.07. The first kappa shape index (κ1) is 9.62. The molecule has 0 aromatic carbocycles. The zero-order valence-electron chi connectivity index (χ0n) is 8.06. The van der Waals surface area contributed by atoms with E-state index in [1.165, 1.54) is 6.20 Å². The maximum Gasteiger partial charge on any atom is 0.171 e. The van der Waals surface area contributed by atoms with Crippen LogP contribution in [0.25, 0.3) is 10.7 Å². The number of aromatic nitrogens is 2. The first-order valence-corrected chi connectivity index (χ1v) is 5.22. The summed E-state index contributed by atoms with van der Waals surface area (Å²) < 4.78 is 0. The van der Waals surface area contributed by atoms with Gasteiger partial charge < -0.3 is 5.32 Å². The fourth-order valence-electron chi connectivity index (χ4n) is 1.18. The van der Waals surface area contributed by atoms with Crippen LogP contribution in [0.1, 0.15) is 5.56 Å². The lowest BCUT2D eigenvalue weighted by atomic mass is 10.3. The van der Waals surface area contributed by atoms with Gasteiger partial charge in [0.15, 0.2) is 5.82 Å². The Morgan fingerprint density at radius 1 is 1.53 bits per heavy atom. The number of nitrogens with one attached hydrogen (secondary N) is 1. The van der Waals surface area contributed by atoms with Crippen molar-refractivity contribution in [3.05, 3.63) is 29.3 Å². The Morgan fingerprint density at radius 3 is 3.00 bits per heavy atom. The van der Waals surface area contributed by atoms with E-state index >= 15 is 0 Å². The number of nitriles is 1. The molecule has 15 heavy (non-hydrogen) atoms. The molecule has 0 bridgehead atoms. The summed E-state index contributed by atoms with van der Waals surface area (Å²) in [6.45, 7) is 0. The molecule has 2 aromatic rings. The normalized spacial score (nSPS) is 9.60. The van der Waals surface area contributed by atoms with Gasteiger partial charge in [0.25, 0.3) is 0 Å². The lowest BCUT2D eigenvalue weighted by Crippen LogP contribution is -1.99. The molecule has 0 unspecified atom stereocenters. The molecule has 2 aromatic heterocycles. The summed E-state index contributed by atoms with van der Waals surface area (Å²) in [5.41, 5.74) is 0.456. The largest absolute Gasteiger partial charge is 0.372 e. The predicted octanol–water partition coefficient (Wildman–Crippen LogP) is 2.12. The summed E-state index contributed by atoms with van der Waals surface area (Å²) in [5.74, 6) is 1.21. The van der Waals surface area contributed by atoms with Gasteiger partial charge in [-0.2, -0.15) is 5.26 Å². The van der Waals surface area contributed by atoms with Gasteiger partial charge in [0, 0.05) is 7.05 Å². The number of thiophene rings is 1. The van der Waals surface area contributed by atoms with E-state index in [4.69, 9.17) is 5.26 Å². The molecule has 0 aliphatic carbocycles. The highest BCUT2D eigenvalue weighted by Gasteiger charge is 2.07. The highest BCUT2D eigenvalue weighted by Crippen LogP contribution is 2.22. The maximum absolute atomic E-state index is 8.80. The van der Waals surface area contributed by atoms with Crippen LogP contribution in [0.4, 0.5) is 5.82 Å². The van der Waals surface area contributed by atoms with Crippen molar-refractivity contribution >= 4 is 17.2 Å². The Labute approximate surface area is 91.2 Å². The molecule has 4 nitrogen and oxygen atoms in total. The fourth-order valence-corrected chi connectivity index (χ4v) is 1.84. The van der Waals surface area contributed by atoms with E-state index in [-0.39, 0.29) is 0 Å². The van der Waals surface area contributed by atoms with Crippen LogP contribution in [0, 0.1) is 11.3 Å². The van der Waals surface area contributed by atoms with Gasteiger partial charge in [0.05, 0.1) is 11.1 Å². The van der Waals surface area contributed by atoms with Crippen LogP contribution >= 0.6 is 11.3 Å². The molecule has 0 saturated heterocycles. The zero-order chi connectivity index (χ0) is 10.7. The number of anilines is 1. The minimum atomic E-state index is 0.456. The van der Waals surface area contributed by atoms with E-state index in [9.17, 15) is 0 Å². The monoisotopic (exact) mass is 216 g/mol. The molecule has 2 heterocycles. The van der Waals surface area contributed by atoms with Crippen molar-refractivity contribution in [3.63, 3.8) is 0 Å². The Bertz CT molecular complexity index is 499. The van der Waals surface area contributed by atoms with E-state index in [0.717, 1.165) is 4.88 Å². The zero-order valence-corrected chi connectivity index (χ0v) is 8.88. The standard InChI is InChI=1S/C10H8N4S/c1-12-9-7(5-11)6-13-10(14-9)8-3-2-4-15-8/h2-4,6H,1H3,(H,12,13,14). The highest BCUT2D eigenvalue weighted by molar-refractivity contribution is 7.13. The Kier molecular flexibility index (Phi) is 2.61. The minimum Gasteiger partial charge on any atom is -0.372 e. The molecule has 0 aliphatic rings. The maximum atomic E-state index is 8.80. The molecule has 0 atom stereocenters. The van der Waals surface area contributed by atoms with Crippen molar-refractivity contribution in [1.82, 2.24) is 9.97 Å². The molecule has 0 fully saturated rings. The van der Waals surface area contributed by atoms with Crippen molar-refractivity contribution in [3.8, 4) is 16.8 Å². The minimum absolute atomic E-state index is 0.456. The summed E-state index contributed by atoms with van der Waals surface area (Å²) in [4.78, 5) is 9.40. The molecule has 0 spiro atoms. The molecule has 74 valence electrons. The Hall–Kier alpha value is -1.93. The van der Waals surface area contributed by atoms with Crippen molar-refractivity contribution in [2.75, 3.05) is 12.4 Å². The van der Waals surface area contributed by atoms with E-state index in [1.807, 2.05) is 23.6 Å². The first-order valence-electron chi connectivity index (χ1n) is 4.34. The predicted molar refractivity (Wildman–Crippen MR) is 59.6 cm³/mol. The fraction of sp³-hybridized carbons (Fsp3) is 0.100. The van der Waals surface area contributed by atoms with E-state index in [1.54, 1.807) is 18.4 Å². The smallest absolute Gasteiger partial charge is 0.171 e. The topological polar surface area (TPSA) is 61.6 Å². The SMILES string of the molecule is CNc1nc(-c2cccs2)ncc1C#N. The second-order valence-corrected chi connectivity index (χ2v) is 3.74. The third-order valence-electron chi connectivity index (χ3n) is 1.89. The molecule has 0 saturated carbocycles. The van der Waals surface area contributed by atoms with Crippen molar-refractivity contribution in [1.29, 1.82) is 5.26 Å². The Balaban J connectivity index is 2.49. The second-order valence-electron chi connectivity index (χ2n) is 2.79. The van der Waals surface area contributed by atoms with Crippen LogP contribution in [0.5, 0.6) is 0 Å². The van der Waals surface area contributed by atoms with E-state index in [2.05, 4.69) is 15.3 Å². The van der Waals surface area contributed by atoms with Gasteiger partial charge in [-0.15, -0.1) is 11.3 Å². The number of hydrogen-bond donors (Lipinski definition) is 1. The van der Waals surface area contributed by atoms with Crippen LogP contribution in [0.3, 0.4) is 0 Å². The van der Waals surface area contributed by atoms with Gasteiger partial charge in [-0.3, -0.25) is 0 Å². The van der Waals surface area contributed by atoms with Crippen LogP contribution in [0.15, 0.2) is 23.7 Å². The number of hydrogen-bond acceptors (Lipinski definition) is 5. The molecule has 0 radical (unpaired) electrons. The van der Waals surface area contributed by atoms with Crippen molar-refractivity contribution in [2.45, 2.75) is 0 Å². The first-order chi connectivity index (χ1) is 7.35. The molecule has 0 amide bonds. The van der Waals surface area contributed by atoms with E-state index in [0.29, 0.717) is 17.2 Å². The van der Waals surface area contributed by atoms with Gasteiger partial charge in [0.2, 0.25) is 0 Å². The van der Waals surface area contributed by atoms with Crippen molar-refractivity contribution < 1.29 is 0 Å². The summed E-state index contributed by atoms with van der Waals surface area (Å²) in [7, 11) is 1.74. The molecular weight excluding hydrogens is 208 g/mol.